The van der Waals surface area contributed by atoms with E-state index >= 15 is 0 Å². The molecule has 0 radical (unpaired) electrons. The molecule has 0 saturated carbocycles. The van der Waals surface area contributed by atoms with Crippen molar-refractivity contribution in [3.8, 4) is 0 Å². The maximum Gasteiger partial charge on any atom is -0.0385 e. The molecule has 0 aromatic heterocycles. The van der Waals surface area contributed by atoms with Gasteiger partial charge in [-0.2, -0.15) is 0 Å². The molecule has 0 aliphatic rings. The molecular formula is C3H10IP. The monoisotopic (exact) mass is 204 g/mol. The fraction of sp³-hybridized carbons (Fsp3) is 1.00. The van der Waals surface area contributed by atoms with E-state index in [0.29, 0.717) is 0 Å². The van der Waals surface area contributed by atoms with Crippen molar-refractivity contribution in [3.05, 3.63) is 0 Å². The van der Waals surface area contributed by atoms with Crippen LogP contribution in [0.1, 0.15) is 6.92 Å². The summed E-state index contributed by atoms with van der Waals surface area (Å²) in [7, 11) is 1.14. The lowest BCUT2D eigenvalue weighted by molar-refractivity contribution is 1.52. The lowest BCUT2D eigenvalue weighted by Gasteiger charge is -1.69. The first-order valence-corrected chi connectivity index (χ1v) is 3.27. The van der Waals surface area contributed by atoms with Gasteiger partial charge in [0.15, 0.2) is 0 Å². The van der Waals surface area contributed by atoms with E-state index in [1.54, 1.807) is 0 Å². The van der Waals surface area contributed by atoms with Gasteiger partial charge in [0.2, 0.25) is 0 Å². The Morgan fingerprint density at radius 3 is 1.80 bits per heavy atom. The van der Waals surface area contributed by atoms with Gasteiger partial charge in [-0.05, 0) is 12.8 Å². The third-order valence-corrected chi connectivity index (χ3v) is 1.06. The van der Waals surface area contributed by atoms with E-state index in [0.717, 1.165) is 8.58 Å². The SMILES string of the molecule is CCPC.I. The smallest absolute Gasteiger partial charge is 0.0385 e. The zero-order valence-corrected chi connectivity index (χ0v) is 6.95. The minimum absolute atomic E-state index is 0. The molecule has 0 nitrogen and oxygen atoms in total. The van der Waals surface area contributed by atoms with Gasteiger partial charge in [-0.1, -0.05) is 6.92 Å². The zero-order chi connectivity index (χ0) is 3.41. The van der Waals surface area contributed by atoms with Gasteiger partial charge in [-0.25, -0.2) is 0 Å². The molecular weight excluding hydrogens is 194 g/mol. The Balaban J connectivity index is 0. The molecule has 0 N–H and O–H groups in total. The Hall–Kier alpha value is 1.16. The largest absolute Gasteiger partial charge is 0.126 e. The molecule has 0 aromatic rings. The lowest BCUT2D eigenvalue weighted by atomic mass is 11.0. The Labute approximate surface area is 52.5 Å². The van der Waals surface area contributed by atoms with Gasteiger partial charge in [0.1, 0.15) is 0 Å². The molecule has 0 saturated heterocycles. The van der Waals surface area contributed by atoms with Crippen LogP contribution in [0.2, 0.25) is 0 Å². The summed E-state index contributed by atoms with van der Waals surface area (Å²) in [6.45, 7) is 4.40. The van der Waals surface area contributed by atoms with Crippen LogP contribution in [0, 0.1) is 0 Å². The second kappa shape index (κ2) is 8.94. The molecule has 0 rings (SSSR count). The van der Waals surface area contributed by atoms with Crippen LogP contribution < -0.4 is 0 Å². The summed E-state index contributed by atoms with van der Waals surface area (Å²) in [5.41, 5.74) is 0. The Morgan fingerprint density at radius 2 is 1.80 bits per heavy atom. The molecule has 1 unspecified atom stereocenters. The molecule has 0 aliphatic carbocycles. The first-order valence-electron chi connectivity index (χ1n) is 1.56. The first-order chi connectivity index (χ1) is 1.91. The third kappa shape index (κ3) is 11.0. The molecule has 0 aliphatic heterocycles. The predicted octanol–water partition coefficient (Wildman–Crippen LogP) is 1.93. The van der Waals surface area contributed by atoms with Crippen LogP contribution in [-0.4, -0.2) is 12.8 Å². The van der Waals surface area contributed by atoms with Gasteiger partial charge in [0, 0.05) is 0 Å². The molecule has 0 heterocycles. The molecule has 0 spiro atoms. The van der Waals surface area contributed by atoms with Gasteiger partial charge < -0.3 is 0 Å². The zero-order valence-electron chi connectivity index (χ0n) is 3.62. The van der Waals surface area contributed by atoms with Crippen molar-refractivity contribution in [2.45, 2.75) is 6.92 Å². The third-order valence-electron chi connectivity index (χ3n) is 0.354. The summed E-state index contributed by atoms with van der Waals surface area (Å²) in [5.74, 6) is 0. The van der Waals surface area contributed by atoms with Crippen LogP contribution in [0.15, 0.2) is 0 Å². The number of halogens is 1. The van der Waals surface area contributed by atoms with E-state index in [9.17, 15) is 0 Å². The van der Waals surface area contributed by atoms with Gasteiger partial charge in [-0.15, -0.1) is 32.6 Å². The van der Waals surface area contributed by atoms with Crippen LogP contribution in [-0.2, 0) is 0 Å². The van der Waals surface area contributed by atoms with Crippen molar-refractivity contribution in [1.29, 1.82) is 0 Å². The Kier molecular flexibility index (Phi) is 17.0. The van der Waals surface area contributed by atoms with Gasteiger partial charge in [0.25, 0.3) is 0 Å². The van der Waals surface area contributed by atoms with E-state index in [-0.39, 0.29) is 24.0 Å². The number of rotatable bonds is 1. The van der Waals surface area contributed by atoms with Crippen molar-refractivity contribution in [2.75, 3.05) is 12.8 Å². The number of hydrogen-bond acceptors (Lipinski definition) is 0. The van der Waals surface area contributed by atoms with E-state index in [1.165, 1.54) is 6.16 Å². The minimum Gasteiger partial charge on any atom is -0.126 e. The minimum atomic E-state index is 0. The number of hydrogen-bond donors (Lipinski definition) is 0. The second-order valence-corrected chi connectivity index (χ2v) is 2.12. The van der Waals surface area contributed by atoms with Crippen molar-refractivity contribution in [3.63, 3.8) is 0 Å². The highest BCUT2D eigenvalue weighted by Gasteiger charge is 1.55. The molecule has 0 fully saturated rings. The molecule has 0 aromatic carbocycles. The Bertz CT molecular complexity index is 8.85. The van der Waals surface area contributed by atoms with E-state index in [4.69, 9.17) is 0 Å². The molecule has 1 atom stereocenters. The summed E-state index contributed by atoms with van der Waals surface area (Å²) in [6.07, 6.45) is 1.35. The molecule has 2 heteroatoms. The molecule has 0 amide bonds. The summed E-state index contributed by atoms with van der Waals surface area (Å²) in [6, 6.07) is 0. The van der Waals surface area contributed by atoms with E-state index in [2.05, 4.69) is 13.6 Å². The first kappa shape index (κ1) is 9.48. The maximum absolute atomic E-state index is 2.21. The molecule has 34 valence electrons. The predicted molar refractivity (Wildman–Crippen MR) is 40.2 cm³/mol. The van der Waals surface area contributed by atoms with Crippen LogP contribution in [0.3, 0.4) is 0 Å². The fourth-order valence-corrected chi connectivity index (χ4v) is 0. The van der Waals surface area contributed by atoms with E-state index < -0.39 is 0 Å². The highest BCUT2D eigenvalue weighted by molar-refractivity contribution is 14.0. The summed E-state index contributed by atoms with van der Waals surface area (Å²) in [5, 5.41) is 0. The van der Waals surface area contributed by atoms with Crippen LogP contribution in [0.25, 0.3) is 0 Å². The van der Waals surface area contributed by atoms with Crippen molar-refractivity contribution < 1.29 is 0 Å². The topological polar surface area (TPSA) is 0 Å². The standard InChI is InChI=1S/C3H9P.HI/c1-3-4-2;/h4H,3H2,1-2H3;1H. The highest BCUT2D eigenvalue weighted by Crippen LogP contribution is 1.95. The van der Waals surface area contributed by atoms with Crippen LogP contribution in [0.5, 0.6) is 0 Å². The quantitative estimate of drug-likeness (QED) is 0.452. The maximum atomic E-state index is 2.21. The van der Waals surface area contributed by atoms with Crippen molar-refractivity contribution in [2.24, 2.45) is 0 Å². The summed E-state index contributed by atoms with van der Waals surface area (Å²) < 4.78 is 0. The highest BCUT2D eigenvalue weighted by atomic mass is 127. The lowest BCUT2D eigenvalue weighted by Crippen LogP contribution is -1.47. The fourth-order valence-electron chi connectivity index (χ4n) is 0. The van der Waals surface area contributed by atoms with Crippen LogP contribution in [0.4, 0.5) is 0 Å². The summed E-state index contributed by atoms with van der Waals surface area (Å²) >= 11 is 0. The van der Waals surface area contributed by atoms with Gasteiger partial charge >= 0.3 is 0 Å². The molecule has 0 bridgehead atoms. The summed E-state index contributed by atoms with van der Waals surface area (Å²) in [4.78, 5) is 0. The average molecular weight is 204 g/mol. The second-order valence-electron chi connectivity index (χ2n) is 0.707. The normalized spacial score (nSPS) is 8.40. The van der Waals surface area contributed by atoms with Crippen molar-refractivity contribution in [1.82, 2.24) is 0 Å². The van der Waals surface area contributed by atoms with E-state index in [1.807, 2.05) is 0 Å². The van der Waals surface area contributed by atoms with Gasteiger partial charge in [0.05, 0.1) is 0 Å². The van der Waals surface area contributed by atoms with Crippen molar-refractivity contribution >= 4 is 32.6 Å². The average Bonchev–Trinajstić information content (AvgIpc) is 1.37. The molecule has 5 heavy (non-hydrogen) atoms. The van der Waals surface area contributed by atoms with Gasteiger partial charge in [-0.3, -0.25) is 0 Å². The Morgan fingerprint density at radius 1 is 1.60 bits per heavy atom. The van der Waals surface area contributed by atoms with Crippen LogP contribution >= 0.6 is 32.6 Å².